The van der Waals surface area contributed by atoms with Gasteiger partial charge in [-0.25, -0.2) is 0 Å². The predicted octanol–water partition coefficient (Wildman–Crippen LogP) is 3.33. The molecular formula is C15H22N2O. The first kappa shape index (κ1) is 13.0. The van der Waals surface area contributed by atoms with Crippen LogP contribution < -0.4 is 10.1 Å². The molecule has 98 valence electrons. The third kappa shape index (κ3) is 1.99. The first-order valence-electron chi connectivity index (χ1n) is 6.42. The van der Waals surface area contributed by atoms with Crippen molar-refractivity contribution in [3.05, 3.63) is 29.0 Å². The summed E-state index contributed by atoms with van der Waals surface area (Å²) in [5, 5.41) is 4.56. The number of aryl methyl sites for hydroxylation is 1. The number of H-pyrrole nitrogens is 1. The number of hydrogen-bond acceptors (Lipinski definition) is 2. The minimum Gasteiger partial charge on any atom is -0.495 e. The lowest BCUT2D eigenvalue weighted by atomic mass is 10.0. The van der Waals surface area contributed by atoms with E-state index in [2.05, 4.69) is 37.1 Å². The summed E-state index contributed by atoms with van der Waals surface area (Å²) in [4.78, 5) is 3.54. The van der Waals surface area contributed by atoms with Crippen LogP contribution in [0.1, 0.15) is 36.6 Å². The third-order valence-electron chi connectivity index (χ3n) is 3.41. The Morgan fingerprint density at radius 1 is 1.33 bits per heavy atom. The van der Waals surface area contributed by atoms with Crippen LogP contribution in [0.3, 0.4) is 0 Å². The standard InChI is InChI=1S/C15H22N2O/c1-9(2)14-11(8-16-4)13-10(3)6-7-12(18-5)15(13)17-14/h6-7,9,16-17H,8H2,1-5H3. The van der Waals surface area contributed by atoms with Gasteiger partial charge in [-0.2, -0.15) is 0 Å². The van der Waals surface area contributed by atoms with Crippen LogP contribution >= 0.6 is 0 Å². The first-order valence-corrected chi connectivity index (χ1v) is 6.42. The summed E-state index contributed by atoms with van der Waals surface area (Å²) >= 11 is 0. The van der Waals surface area contributed by atoms with Gasteiger partial charge in [0.1, 0.15) is 5.75 Å². The first-order chi connectivity index (χ1) is 8.60. The molecule has 0 atom stereocenters. The van der Waals surface area contributed by atoms with Gasteiger partial charge in [-0.1, -0.05) is 19.9 Å². The van der Waals surface area contributed by atoms with Crippen LogP contribution in [0.25, 0.3) is 10.9 Å². The lowest BCUT2D eigenvalue weighted by Gasteiger charge is -2.08. The molecule has 0 aliphatic rings. The molecule has 3 heteroatoms. The summed E-state index contributed by atoms with van der Waals surface area (Å²) in [5.41, 5.74) is 5.07. The second kappa shape index (κ2) is 5.02. The molecule has 0 amide bonds. The minimum absolute atomic E-state index is 0.477. The molecule has 0 aliphatic carbocycles. The topological polar surface area (TPSA) is 37.0 Å². The fraction of sp³-hybridized carbons (Fsp3) is 0.467. The zero-order valence-electron chi connectivity index (χ0n) is 11.8. The summed E-state index contributed by atoms with van der Waals surface area (Å²) in [7, 11) is 3.70. The molecule has 3 nitrogen and oxygen atoms in total. The van der Waals surface area contributed by atoms with Crippen LogP contribution in [-0.2, 0) is 6.54 Å². The predicted molar refractivity (Wildman–Crippen MR) is 76.4 cm³/mol. The summed E-state index contributed by atoms with van der Waals surface area (Å²) in [6.07, 6.45) is 0. The van der Waals surface area contributed by atoms with E-state index in [4.69, 9.17) is 4.74 Å². The maximum atomic E-state index is 5.46. The highest BCUT2D eigenvalue weighted by atomic mass is 16.5. The Morgan fingerprint density at radius 3 is 2.61 bits per heavy atom. The number of ether oxygens (including phenoxy) is 1. The molecule has 1 heterocycles. The Bertz CT molecular complexity index is 555. The monoisotopic (exact) mass is 246 g/mol. The molecule has 18 heavy (non-hydrogen) atoms. The Labute approximate surface area is 109 Å². The fourth-order valence-electron chi connectivity index (χ4n) is 2.57. The van der Waals surface area contributed by atoms with E-state index < -0.39 is 0 Å². The van der Waals surface area contributed by atoms with Crippen LogP contribution in [0, 0.1) is 6.92 Å². The highest BCUT2D eigenvalue weighted by Crippen LogP contribution is 2.35. The lowest BCUT2D eigenvalue weighted by molar-refractivity contribution is 0.419. The van der Waals surface area contributed by atoms with Gasteiger partial charge in [-0.15, -0.1) is 0 Å². The molecule has 0 unspecified atom stereocenters. The number of hydrogen-bond donors (Lipinski definition) is 2. The number of nitrogens with one attached hydrogen (secondary N) is 2. The van der Waals surface area contributed by atoms with Gasteiger partial charge in [-0.05, 0) is 37.1 Å². The van der Waals surface area contributed by atoms with E-state index in [1.54, 1.807) is 7.11 Å². The van der Waals surface area contributed by atoms with Crippen molar-refractivity contribution in [3.8, 4) is 5.75 Å². The molecule has 0 bridgehead atoms. The van der Waals surface area contributed by atoms with Gasteiger partial charge in [0.2, 0.25) is 0 Å². The van der Waals surface area contributed by atoms with Crippen molar-refractivity contribution in [2.75, 3.05) is 14.2 Å². The number of aromatic nitrogens is 1. The van der Waals surface area contributed by atoms with Crippen molar-refractivity contribution >= 4 is 10.9 Å². The smallest absolute Gasteiger partial charge is 0.142 e. The SMILES string of the molecule is CNCc1c(C(C)C)[nH]c2c(OC)ccc(C)c12. The normalized spacial score (nSPS) is 11.4. The van der Waals surface area contributed by atoms with Crippen molar-refractivity contribution in [2.45, 2.75) is 33.2 Å². The highest BCUT2D eigenvalue weighted by Gasteiger charge is 2.17. The average molecular weight is 246 g/mol. The van der Waals surface area contributed by atoms with E-state index in [1.807, 2.05) is 13.1 Å². The average Bonchev–Trinajstić information content (AvgIpc) is 2.71. The summed E-state index contributed by atoms with van der Waals surface area (Å²) < 4.78 is 5.46. The van der Waals surface area contributed by atoms with Gasteiger partial charge in [0, 0.05) is 17.6 Å². The Morgan fingerprint density at radius 2 is 2.06 bits per heavy atom. The third-order valence-corrected chi connectivity index (χ3v) is 3.41. The quantitative estimate of drug-likeness (QED) is 0.868. The molecule has 1 aromatic carbocycles. The zero-order valence-corrected chi connectivity index (χ0v) is 11.8. The van der Waals surface area contributed by atoms with E-state index in [1.165, 1.54) is 22.2 Å². The van der Waals surface area contributed by atoms with Crippen molar-refractivity contribution in [2.24, 2.45) is 0 Å². The van der Waals surface area contributed by atoms with Crippen LogP contribution in [0.5, 0.6) is 5.75 Å². The molecule has 2 aromatic rings. The molecular weight excluding hydrogens is 224 g/mol. The van der Waals surface area contributed by atoms with Crippen molar-refractivity contribution in [3.63, 3.8) is 0 Å². The largest absolute Gasteiger partial charge is 0.495 e. The molecule has 0 aliphatic heterocycles. The number of rotatable bonds is 4. The van der Waals surface area contributed by atoms with Gasteiger partial charge in [0.15, 0.2) is 0 Å². The summed E-state index contributed by atoms with van der Waals surface area (Å²) in [5.74, 6) is 1.39. The van der Waals surface area contributed by atoms with Gasteiger partial charge in [-0.3, -0.25) is 0 Å². The van der Waals surface area contributed by atoms with Crippen LogP contribution in [0.2, 0.25) is 0 Å². The van der Waals surface area contributed by atoms with Crippen molar-refractivity contribution < 1.29 is 4.74 Å². The van der Waals surface area contributed by atoms with Gasteiger partial charge >= 0.3 is 0 Å². The van der Waals surface area contributed by atoms with Crippen LogP contribution in [-0.4, -0.2) is 19.1 Å². The van der Waals surface area contributed by atoms with E-state index in [9.17, 15) is 0 Å². The molecule has 0 radical (unpaired) electrons. The Hall–Kier alpha value is -1.48. The molecule has 1 aromatic heterocycles. The lowest BCUT2D eigenvalue weighted by Crippen LogP contribution is -2.07. The number of methoxy groups -OCH3 is 1. The second-order valence-corrected chi connectivity index (χ2v) is 5.04. The molecule has 0 spiro atoms. The molecule has 0 saturated carbocycles. The Kier molecular flexibility index (Phi) is 3.62. The van der Waals surface area contributed by atoms with E-state index >= 15 is 0 Å². The van der Waals surface area contributed by atoms with Crippen LogP contribution in [0.4, 0.5) is 0 Å². The molecule has 0 fully saturated rings. The van der Waals surface area contributed by atoms with E-state index in [0.717, 1.165) is 17.8 Å². The van der Waals surface area contributed by atoms with Gasteiger partial charge < -0.3 is 15.0 Å². The number of benzene rings is 1. The number of aromatic amines is 1. The molecule has 2 rings (SSSR count). The molecule has 2 N–H and O–H groups in total. The zero-order chi connectivity index (χ0) is 13.3. The van der Waals surface area contributed by atoms with Gasteiger partial charge in [0.25, 0.3) is 0 Å². The highest BCUT2D eigenvalue weighted by molar-refractivity contribution is 5.92. The van der Waals surface area contributed by atoms with Crippen molar-refractivity contribution in [1.29, 1.82) is 0 Å². The van der Waals surface area contributed by atoms with Crippen molar-refractivity contribution in [1.82, 2.24) is 10.3 Å². The van der Waals surface area contributed by atoms with E-state index in [-0.39, 0.29) is 0 Å². The fourth-order valence-corrected chi connectivity index (χ4v) is 2.57. The van der Waals surface area contributed by atoms with Gasteiger partial charge in [0.05, 0.1) is 12.6 Å². The summed E-state index contributed by atoms with van der Waals surface area (Å²) in [6.45, 7) is 7.46. The Balaban J connectivity index is 2.79. The summed E-state index contributed by atoms with van der Waals surface area (Å²) in [6, 6.07) is 4.15. The second-order valence-electron chi connectivity index (χ2n) is 5.04. The maximum Gasteiger partial charge on any atom is 0.142 e. The molecule has 0 saturated heterocycles. The maximum absolute atomic E-state index is 5.46. The van der Waals surface area contributed by atoms with Crippen LogP contribution in [0.15, 0.2) is 12.1 Å². The van der Waals surface area contributed by atoms with E-state index in [0.29, 0.717) is 5.92 Å². The number of fused-ring (bicyclic) bond motifs is 1. The minimum atomic E-state index is 0.477.